The van der Waals surface area contributed by atoms with Crippen LogP contribution in [0.5, 0.6) is 0 Å². The zero-order valence-corrected chi connectivity index (χ0v) is 11.9. The van der Waals surface area contributed by atoms with E-state index in [1.54, 1.807) is 12.1 Å². The molecule has 2 aromatic rings. The Hall–Kier alpha value is -2.50. The van der Waals surface area contributed by atoms with Crippen LogP contribution < -0.4 is 10.2 Å². The summed E-state index contributed by atoms with van der Waals surface area (Å²) in [5.74, 6) is -3.27. The van der Waals surface area contributed by atoms with Gasteiger partial charge < -0.3 is 10.2 Å². The van der Waals surface area contributed by atoms with E-state index in [1.807, 2.05) is 32.0 Å². The van der Waals surface area contributed by atoms with Crippen LogP contribution in [-0.4, -0.2) is 25.0 Å². The number of aromatic nitrogens is 1. The molecule has 0 saturated carbocycles. The smallest absolute Gasteiger partial charge is 0.258 e. The van der Waals surface area contributed by atoms with Gasteiger partial charge in [-0.1, -0.05) is 6.07 Å². The van der Waals surface area contributed by atoms with Gasteiger partial charge in [0.25, 0.3) is 5.91 Å². The van der Waals surface area contributed by atoms with Crippen LogP contribution in [0.2, 0.25) is 0 Å². The summed E-state index contributed by atoms with van der Waals surface area (Å²) in [6.45, 7) is 1.94. The summed E-state index contributed by atoms with van der Waals surface area (Å²) < 4.78 is 26.5. The Balaban J connectivity index is 2.28. The third kappa shape index (κ3) is 3.16. The fourth-order valence-electron chi connectivity index (χ4n) is 1.96. The van der Waals surface area contributed by atoms with Crippen molar-refractivity contribution in [2.75, 3.05) is 24.3 Å². The van der Waals surface area contributed by atoms with E-state index in [-0.39, 0.29) is 5.56 Å². The zero-order chi connectivity index (χ0) is 15.6. The molecule has 21 heavy (non-hydrogen) atoms. The molecule has 0 fully saturated rings. The van der Waals surface area contributed by atoms with Crippen LogP contribution in [0, 0.1) is 18.7 Å². The molecule has 0 atom stereocenters. The first kappa shape index (κ1) is 14.9. The fourth-order valence-corrected chi connectivity index (χ4v) is 1.96. The molecule has 4 nitrogen and oxygen atoms in total. The van der Waals surface area contributed by atoms with Crippen LogP contribution in [0.3, 0.4) is 0 Å². The maximum Gasteiger partial charge on any atom is 0.258 e. The minimum Gasteiger partial charge on any atom is -0.377 e. The average Bonchev–Trinajstić information content (AvgIpc) is 2.43. The number of nitrogens with zero attached hydrogens (tertiary/aromatic N) is 2. The number of anilines is 2. The summed E-state index contributed by atoms with van der Waals surface area (Å²) in [5.41, 5.74) is 2.09. The van der Waals surface area contributed by atoms with Gasteiger partial charge in [-0.3, -0.25) is 4.79 Å². The fraction of sp³-hybridized carbons (Fsp3) is 0.200. The number of carbonyl (C=O) groups excluding carboxylic acids is 1. The number of benzene rings is 1. The van der Waals surface area contributed by atoms with Crippen molar-refractivity contribution in [3.8, 4) is 0 Å². The summed E-state index contributed by atoms with van der Waals surface area (Å²) in [6.07, 6.45) is 1.05. The lowest BCUT2D eigenvalue weighted by atomic mass is 10.1. The van der Waals surface area contributed by atoms with E-state index in [9.17, 15) is 13.6 Å². The van der Waals surface area contributed by atoms with Gasteiger partial charge in [0.1, 0.15) is 0 Å². The Morgan fingerprint density at radius 3 is 2.62 bits per heavy atom. The quantitative estimate of drug-likeness (QED) is 0.884. The van der Waals surface area contributed by atoms with Crippen molar-refractivity contribution in [2.24, 2.45) is 0 Å². The van der Waals surface area contributed by atoms with Crippen LogP contribution in [0.25, 0.3) is 0 Å². The number of amides is 1. The molecule has 1 aromatic heterocycles. The first-order valence-electron chi connectivity index (χ1n) is 6.29. The van der Waals surface area contributed by atoms with Gasteiger partial charge in [0.05, 0.1) is 5.56 Å². The van der Waals surface area contributed by atoms with Gasteiger partial charge in [-0.05, 0) is 30.7 Å². The van der Waals surface area contributed by atoms with Gasteiger partial charge in [-0.25, -0.2) is 9.37 Å². The highest BCUT2D eigenvalue weighted by Gasteiger charge is 2.16. The maximum absolute atomic E-state index is 13.5. The molecule has 110 valence electrons. The highest BCUT2D eigenvalue weighted by Crippen LogP contribution is 2.23. The van der Waals surface area contributed by atoms with Gasteiger partial charge >= 0.3 is 0 Å². The number of halogens is 2. The SMILES string of the molecule is Cc1ccc(NC(=O)c2ccnc(F)c2F)cc1N(C)C. The summed E-state index contributed by atoms with van der Waals surface area (Å²) in [5, 5.41) is 2.55. The van der Waals surface area contributed by atoms with E-state index in [2.05, 4.69) is 10.3 Å². The monoisotopic (exact) mass is 291 g/mol. The van der Waals surface area contributed by atoms with Gasteiger partial charge in [0.2, 0.25) is 5.95 Å². The van der Waals surface area contributed by atoms with Crippen molar-refractivity contribution in [1.82, 2.24) is 4.98 Å². The Labute approximate surface area is 121 Å². The number of nitrogens with one attached hydrogen (secondary N) is 1. The lowest BCUT2D eigenvalue weighted by Gasteiger charge is -2.17. The molecule has 1 heterocycles. The molecule has 0 aliphatic heterocycles. The van der Waals surface area contributed by atoms with Crippen molar-refractivity contribution >= 4 is 17.3 Å². The van der Waals surface area contributed by atoms with Crippen LogP contribution in [0.15, 0.2) is 30.5 Å². The number of hydrogen-bond donors (Lipinski definition) is 1. The summed E-state index contributed by atoms with van der Waals surface area (Å²) in [6, 6.07) is 6.45. The average molecular weight is 291 g/mol. The summed E-state index contributed by atoms with van der Waals surface area (Å²) in [7, 11) is 3.76. The molecule has 0 aliphatic rings. The van der Waals surface area contributed by atoms with Crippen molar-refractivity contribution in [2.45, 2.75) is 6.92 Å². The van der Waals surface area contributed by atoms with Crippen molar-refractivity contribution in [3.05, 3.63) is 53.4 Å². The molecular weight excluding hydrogens is 276 g/mol. The molecule has 1 amide bonds. The third-order valence-electron chi connectivity index (χ3n) is 3.04. The second-order valence-electron chi connectivity index (χ2n) is 4.81. The Morgan fingerprint density at radius 1 is 1.24 bits per heavy atom. The third-order valence-corrected chi connectivity index (χ3v) is 3.04. The van der Waals surface area contributed by atoms with Gasteiger partial charge in [-0.2, -0.15) is 4.39 Å². The van der Waals surface area contributed by atoms with E-state index >= 15 is 0 Å². The highest BCUT2D eigenvalue weighted by atomic mass is 19.2. The first-order chi connectivity index (χ1) is 9.90. The minimum absolute atomic E-state index is 0.380. The first-order valence-corrected chi connectivity index (χ1v) is 6.29. The Kier molecular flexibility index (Phi) is 4.16. The highest BCUT2D eigenvalue weighted by molar-refractivity contribution is 6.04. The molecule has 0 unspecified atom stereocenters. The topological polar surface area (TPSA) is 45.2 Å². The maximum atomic E-state index is 13.5. The molecule has 0 saturated heterocycles. The Morgan fingerprint density at radius 2 is 1.95 bits per heavy atom. The lowest BCUT2D eigenvalue weighted by molar-refractivity contribution is 0.102. The predicted octanol–water partition coefficient (Wildman–Crippen LogP) is 2.99. The number of carbonyl (C=O) groups is 1. The number of aryl methyl sites for hydroxylation is 1. The summed E-state index contributed by atoms with van der Waals surface area (Å²) in [4.78, 5) is 17.0. The molecule has 1 aromatic carbocycles. The molecule has 0 aliphatic carbocycles. The van der Waals surface area contributed by atoms with E-state index in [0.717, 1.165) is 23.5 Å². The van der Waals surface area contributed by atoms with Gasteiger partial charge in [0.15, 0.2) is 5.82 Å². The molecule has 1 N–H and O–H groups in total. The second-order valence-corrected chi connectivity index (χ2v) is 4.81. The van der Waals surface area contributed by atoms with E-state index < -0.39 is 17.7 Å². The van der Waals surface area contributed by atoms with Crippen LogP contribution in [0.1, 0.15) is 15.9 Å². The number of rotatable bonds is 3. The lowest BCUT2D eigenvalue weighted by Crippen LogP contribution is -2.16. The van der Waals surface area contributed by atoms with Gasteiger partial charge in [0, 0.05) is 31.7 Å². The Bertz CT molecular complexity index is 687. The largest absolute Gasteiger partial charge is 0.377 e. The van der Waals surface area contributed by atoms with Gasteiger partial charge in [-0.15, -0.1) is 0 Å². The van der Waals surface area contributed by atoms with Crippen LogP contribution in [-0.2, 0) is 0 Å². The van der Waals surface area contributed by atoms with Crippen LogP contribution >= 0.6 is 0 Å². The van der Waals surface area contributed by atoms with E-state index in [4.69, 9.17) is 0 Å². The van der Waals surface area contributed by atoms with E-state index in [0.29, 0.717) is 5.69 Å². The van der Waals surface area contributed by atoms with Crippen molar-refractivity contribution < 1.29 is 13.6 Å². The van der Waals surface area contributed by atoms with Crippen molar-refractivity contribution in [3.63, 3.8) is 0 Å². The molecule has 0 spiro atoms. The minimum atomic E-state index is -1.29. The predicted molar refractivity (Wildman–Crippen MR) is 77.6 cm³/mol. The van der Waals surface area contributed by atoms with Crippen molar-refractivity contribution in [1.29, 1.82) is 0 Å². The number of hydrogen-bond acceptors (Lipinski definition) is 3. The molecule has 2 rings (SSSR count). The zero-order valence-electron chi connectivity index (χ0n) is 11.9. The summed E-state index contributed by atoms with van der Waals surface area (Å²) >= 11 is 0. The van der Waals surface area contributed by atoms with Crippen LogP contribution in [0.4, 0.5) is 20.2 Å². The standard InChI is InChI=1S/C15H15F2N3O/c1-9-4-5-10(8-12(9)20(2)3)19-15(21)11-6-7-18-14(17)13(11)16/h4-8H,1-3H3,(H,19,21). The van der Waals surface area contributed by atoms with E-state index in [1.165, 1.54) is 0 Å². The second kappa shape index (κ2) is 5.87. The molecule has 0 bridgehead atoms. The normalized spacial score (nSPS) is 10.3. The molecular formula is C15H15F2N3O. The molecule has 6 heteroatoms. The molecule has 0 radical (unpaired) electrons. The number of pyridine rings is 1.